The Kier molecular flexibility index (Phi) is 6.21. The molecule has 1 aliphatic rings. The number of anilines is 2. The lowest BCUT2D eigenvalue weighted by Crippen LogP contribution is -2.16. The van der Waals surface area contributed by atoms with Crippen LogP contribution >= 0.6 is 34.0 Å². The normalized spacial score (nSPS) is 14.9. The maximum absolute atomic E-state index is 12.4. The van der Waals surface area contributed by atoms with Crippen molar-refractivity contribution in [3.63, 3.8) is 0 Å². The minimum atomic E-state index is -0.352. The van der Waals surface area contributed by atoms with Gasteiger partial charge in [-0.1, -0.05) is 6.07 Å². The van der Waals surface area contributed by atoms with Crippen LogP contribution in [0.3, 0.4) is 0 Å². The molecule has 0 aliphatic heterocycles. The lowest BCUT2D eigenvalue weighted by Gasteiger charge is -2.07. The first-order chi connectivity index (χ1) is 14.5. The highest BCUT2D eigenvalue weighted by Crippen LogP contribution is 2.39. The van der Waals surface area contributed by atoms with Crippen molar-refractivity contribution in [1.29, 1.82) is 0 Å². The van der Waals surface area contributed by atoms with Crippen LogP contribution in [0, 0.1) is 0 Å². The highest BCUT2D eigenvalue weighted by Gasteiger charge is 2.33. The Morgan fingerprint density at radius 2 is 2.07 bits per heavy atom. The van der Waals surface area contributed by atoms with Gasteiger partial charge in [-0.2, -0.15) is 0 Å². The maximum atomic E-state index is 12.4. The van der Waals surface area contributed by atoms with Gasteiger partial charge in [0, 0.05) is 10.3 Å². The number of rotatable bonds is 7. The predicted octanol–water partition coefficient (Wildman–Crippen LogP) is 3.69. The molecule has 4 rings (SSSR count). The summed E-state index contributed by atoms with van der Waals surface area (Å²) in [7, 11) is 0. The van der Waals surface area contributed by atoms with Crippen LogP contribution in [-0.2, 0) is 27.2 Å². The number of thiazole rings is 2. The van der Waals surface area contributed by atoms with E-state index in [4.69, 9.17) is 4.74 Å². The van der Waals surface area contributed by atoms with Crippen molar-refractivity contribution in [3.8, 4) is 0 Å². The summed E-state index contributed by atoms with van der Waals surface area (Å²) in [5.74, 6) is -1.09. The Hall–Kier alpha value is -2.63. The molecule has 1 atom stereocenters. The van der Waals surface area contributed by atoms with E-state index in [2.05, 4.69) is 20.6 Å². The SMILES string of the molecule is CCOC(=O)C1CCc2sc(NC(=O)Cc3csc(NC(=O)c4cccs4)n3)nc21. The molecule has 3 heterocycles. The minimum absolute atomic E-state index is 0.0664. The fourth-order valence-electron chi connectivity index (χ4n) is 3.09. The lowest BCUT2D eigenvalue weighted by atomic mass is 10.1. The molecule has 30 heavy (non-hydrogen) atoms. The highest BCUT2D eigenvalue weighted by atomic mass is 32.1. The molecule has 156 valence electrons. The molecule has 0 bridgehead atoms. The van der Waals surface area contributed by atoms with Gasteiger partial charge in [0.1, 0.15) is 5.92 Å². The number of hydrogen-bond acceptors (Lipinski definition) is 9. The number of carbonyl (C=O) groups excluding carboxylic acids is 3. The number of esters is 1. The van der Waals surface area contributed by atoms with E-state index in [1.165, 1.54) is 34.0 Å². The van der Waals surface area contributed by atoms with E-state index in [0.717, 1.165) is 11.3 Å². The van der Waals surface area contributed by atoms with Crippen LogP contribution in [0.15, 0.2) is 22.9 Å². The molecule has 0 fully saturated rings. The summed E-state index contributed by atoms with van der Waals surface area (Å²) in [6, 6.07) is 3.54. The number of carbonyl (C=O) groups is 3. The molecule has 0 aromatic carbocycles. The number of ether oxygens (including phenoxy) is 1. The van der Waals surface area contributed by atoms with Gasteiger partial charge in [0.2, 0.25) is 5.91 Å². The molecular weight excluding hydrogens is 444 g/mol. The summed E-state index contributed by atoms with van der Waals surface area (Å²) in [5.41, 5.74) is 1.27. The van der Waals surface area contributed by atoms with Crippen molar-refractivity contribution in [2.45, 2.75) is 32.1 Å². The molecule has 11 heteroatoms. The van der Waals surface area contributed by atoms with Crippen LogP contribution in [0.25, 0.3) is 0 Å². The van der Waals surface area contributed by atoms with Gasteiger partial charge >= 0.3 is 5.97 Å². The molecule has 1 unspecified atom stereocenters. The van der Waals surface area contributed by atoms with E-state index in [1.807, 2.05) is 5.38 Å². The van der Waals surface area contributed by atoms with Crippen molar-refractivity contribution in [2.24, 2.45) is 0 Å². The van der Waals surface area contributed by atoms with Gasteiger partial charge in [0.15, 0.2) is 10.3 Å². The molecule has 0 spiro atoms. The molecule has 0 saturated carbocycles. The summed E-state index contributed by atoms with van der Waals surface area (Å²) in [5, 5.41) is 10.00. The molecule has 1 aliphatic carbocycles. The van der Waals surface area contributed by atoms with Crippen molar-refractivity contribution < 1.29 is 19.1 Å². The van der Waals surface area contributed by atoms with E-state index in [1.54, 1.807) is 24.4 Å². The van der Waals surface area contributed by atoms with E-state index < -0.39 is 0 Å². The maximum Gasteiger partial charge on any atom is 0.315 e. The zero-order chi connectivity index (χ0) is 21.1. The summed E-state index contributed by atoms with van der Waals surface area (Å²) >= 11 is 4.00. The van der Waals surface area contributed by atoms with Gasteiger partial charge in [-0.25, -0.2) is 9.97 Å². The number of amides is 2. The fourth-order valence-corrected chi connectivity index (χ4v) is 5.47. The Morgan fingerprint density at radius 1 is 1.20 bits per heavy atom. The van der Waals surface area contributed by atoms with Gasteiger partial charge < -0.3 is 10.1 Å². The van der Waals surface area contributed by atoms with Gasteiger partial charge in [-0.05, 0) is 31.2 Å². The fraction of sp³-hybridized carbons (Fsp3) is 0.316. The van der Waals surface area contributed by atoms with Crippen LogP contribution < -0.4 is 10.6 Å². The summed E-state index contributed by atoms with van der Waals surface area (Å²) in [6.45, 7) is 2.11. The quantitative estimate of drug-likeness (QED) is 0.518. The highest BCUT2D eigenvalue weighted by molar-refractivity contribution is 7.16. The summed E-state index contributed by atoms with van der Waals surface area (Å²) < 4.78 is 5.11. The molecule has 0 radical (unpaired) electrons. The first kappa shape index (κ1) is 20.6. The van der Waals surface area contributed by atoms with Crippen molar-refractivity contribution in [2.75, 3.05) is 17.2 Å². The Balaban J connectivity index is 1.34. The van der Waals surface area contributed by atoms with Crippen LogP contribution in [-0.4, -0.2) is 34.4 Å². The molecule has 3 aromatic heterocycles. The molecular formula is C19H18N4O4S3. The Morgan fingerprint density at radius 3 is 2.83 bits per heavy atom. The number of aryl methyl sites for hydroxylation is 1. The van der Waals surface area contributed by atoms with Gasteiger partial charge in [-0.3, -0.25) is 19.7 Å². The second-order valence-electron chi connectivity index (χ2n) is 6.47. The Labute approximate surface area is 184 Å². The molecule has 2 amide bonds. The van der Waals surface area contributed by atoms with Crippen LogP contribution in [0.1, 0.15) is 45.2 Å². The smallest absolute Gasteiger partial charge is 0.315 e. The predicted molar refractivity (Wildman–Crippen MR) is 117 cm³/mol. The third-order valence-electron chi connectivity index (χ3n) is 4.39. The standard InChI is InChI=1S/C19H18N4O4S3/c1-2-27-17(26)11-5-6-12-15(11)22-19(30-12)21-14(24)8-10-9-29-18(20-10)23-16(25)13-4-3-7-28-13/h3-4,7,9,11H,2,5-6,8H2,1H3,(H,20,23,25)(H,21,22,24). The van der Waals surface area contributed by atoms with Gasteiger partial charge in [0.25, 0.3) is 5.91 Å². The largest absolute Gasteiger partial charge is 0.465 e. The monoisotopic (exact) mass is 462 g/mol. The zero-order valence-electron chi connectivity index (χ0n) is 16.0. The third-order valence-corrected chi connectivity index (χ3v) is 7.12. The van der Waals surface area contributed by atoms with Gasteiger partial charge in [0.05, 0.1) is 29.3 Å². The zero-order valence-corrected chi connectivity index (χ0v) is 18.4. The van der Waals surface area contributed by atoms with Crippen LogP contribution in [0.4, 0.5) is 10.3 Å². The molecule has 8 nitrogen and oxygen atoms in total. The summed E-state index contributed by atoms with van der Waals surface area (Å²) in [6.07, 6.45) is 1.52. The van der Waals surface area contributed by atoms with E-state index in [-0.39, 0.29) is 30.1 Å². The number of nitrogens with one attached hydrogen (secondary N) is 2. The second kappa shape index (κ2) is 9.02. The average Bonchev–Trinajstić information content (AvgIpc) is 3.46. The number of nitrogens with zero attached hydrogens (tertiary/aromatic N) is 2. The number of aromatic nitrogens is 2. The first-order valence-electron chi connectivity index (χ1n) is 9.28. The molecule has 3 aromatic rings. The van der Waals surface area contributed by atoms with Crippen molar-refractivity contribution in [3.05, 3.63) is 44.0 Å². The van der Waals surface area contributed by atoms with Crippen LogP contribution in [0.5, 0.6) is 0 Å². The second-order valence-corrected chi connectivity index (χ2v) is 9.36. The molecule has 2 N–H and O–H groups in total. The van der Waals surface area contributed by atoms with E-state index in [0.29, 0.717) is 39.6 Å². The Bertz CT molecular complexity index is 1070. The third kappa shape index (κ3) is 4.58. The lowest BCUT2D eigenvalue weighted by molar-refractivity contribution is -0.145. The van der Waals surface area contributed by atoms with Gasteiger partial charge in [-0.15, -0.1) is 34.0 Å². The minimum Gasteiger partial charge on any atom is -0.465 e. The number of hydrogen-bond donors (Lipinski definition) is 2. The number of thiophene rings is 1. The van der Waals surface area contributed by atoms with Crippen LogP contribution in [0.2, 0.25) is 0 Å². The van der Waals surface area contributed by atoms with E-state index >= 15 is 0 Å². The first-order valence-corrected chi connectivity index (χ1v) is 11.9. The topological polar surface area (TPSA) is 110 Å². The molecule has 0 saturated heterocycles. The van der Waals surface area contributed by atoms with Crippen molar-refractivity contribution in [1.82, 2.24) is 9.97 Å². The van der Waals surface area contributed by atoms with E-state index in [9.17, 15) is 14.4 Å². The summed E-state index contributed by atoms with van der Waals surface area (Å²) in [4.78, 5) is 46.9. The van der Waals surface area contributed by atoms with Crippen molar-refractivity contribution >= 4 is 62.1 Å². The number of fused-ring (bicyclic) bond motifs is 1. The average molecular weight is 463 g/mol.